The van der Waals surface area contributed by atoms with Gasteiger partial charge in [0.05, 0.1) is 6.20 Å². The van der Waals surface area contributed by atoms with Gasteiger partial charge in [0.25, 0.3) is 5.95 Å². The van der Waals surface area contributed by atoms with Gasteiger partial charge in [-0.3, -0.25) is 5.32 Å². The van der Waals surface area contributed by atoms with Gasteiger partial charge in [-0.15, -0.1) is 5.10 Å². The molecule has 0 bridgehead atoms. The molecule has 2 unspecified atom stereocenters. The minimum Gasteiger partial charge on any atom is -0.335 e. The highest BCUT2D eigenvalue weighted by molar-refractivity contribution is 5.88. The number of halogens is 1. The van der Waals surface area contributed by atoms with E-state index in [2.05, 4.69) is 27.6 Å². The minimum atomic E-state index is -0.404. The van der Waals surface area contributed by atoms with E-state index in [1.165, 1.54) is 22.8 Å². The van der Waals surface area contributed by atoms with E-state index < -0.39 is 5.82 Å². The smallest absolute Gasteiger partial charge is 0.321 e. The zero-order valence-electron chi connectivity index (χ0n) is 11.1. The lowest BCUT2D eigenvalue weighted by atomic mass is 10.2. The highest BCUT2D eigenvalue weighted by atomic mass is 19.1. The first kappa shape index (κ1) is 12.8. The molecule has 2 atom stereocenters. The van der Waals surface area contributed by atoms with Crippen LogP contribution in [0.1, 0.15) is 26.2 Å². The summed E-state index contributed by atoms with van der Waals surface area (Å²) in [6.07, 6.45) is 4.51. The minimum absolute atomic E-state index is 0.167. The van der Waals surface area contributed by atoms with E-state index in [0.717, 1.165) is 19.3 Å². The average Bonchev–Trinajstić information content (AvgIpc) is 2.98. The number of fused-ring (bicyclic) bond motifs is 1. The molecule has 2 heterocycles. The van der Waals surface area contributed by atoms with Gasteiger partial charge in [0.1, 0.15) is 5.82 Å². The normalized spacial score (nSPS) is 20.9. The van der Waals surface area contributed by atoms with Crippen LogP contribution < -0.4 is 10.6 Å². The van der Waals surface area contributed by atoms with Crippen LogP contribution in [0.3, 0.4) is 0 Å². The molecule has 2 amide bonds. The summed E-state index contributed by atoms with van der Waals surface area (Å²) in [5.74, 6) is 0.355. The maximum Gasteiger partial charge on any atom is 0.321 e. The fraction of sp³-hybridized carbons (Fsp3) is 0.462. The lowest BCUT2D eigenvalue weighted by Gasteiger charge is -2.03. The molecule has 1 fully saturated rings. The zero-order chi connectivity index (χ0) is 14.1. The molecule has 1 aliphatic carbocycles. The van der Waals surface area contributed by atoms with Crippen LogP contribution in [0.25, 0.3) is 5.65 Å². The van der Waals surface area contributed by atoms with Crippen molar-refractivity contribution in [1.82, 2.24) is 19.9 Å². The quantitative estimate of drug-likeness (QED) is 0.899. The third-order valence-electron chi connectivity index (χ3n) is 3.42. The summed E-state index contributed by atoms with van der Waals surface area (Å²) < 4.78 is 14.3. The molecule has 0 radical (unpaired) electrons. The summed E-state index contributed by atoms with van der Waals surface area (Å²) in [5, 5.41) is 9.44. The van der Waals surface area contributed by atoms with E-state index in [9.17, 15) is 9.18 Å². The van der Waals surface area contributed by atoms with Gasteiger partial charge in [-0.1, -0.05) is 13.3 Å². The number of amides is 2. The molecule has 0 aliphatic heterocycles. The van der Waals surface area contributed by atoms with E-state index in [4.69, 9.17) is 0 Å². The maximum atomic E-state index is 13.0. The van der Waals surface area contributed by atoms with Crippen LogP contribution in [0.15, 0.2) is 18.3 Å². The molecule has 20 heavy (non-hydrogen) atoms. The standard InChI is InChI=1S/C13H16FN5O/c1-2-3-8-6-10(8)15-13(20)17-12-16-11-5-4-9(14)7-19(11)18-12/h4-5,7-8,10H,2-3,6H2,1H3,(H2,15,17,18,20). The molecule has 6 nitrogen and oxygen atoms in total. The van der Waals surface area contributed by atoms with Gasteiger partial charge in [0.2, 0.25) is 0 Å². The van der Waals surface area contributed by atoms with Crippen LogP contribution >= 0.6 is 0 Å². The summed E-state index contributed by atoms with van der Waals surface area (Å²) in [4.78, 5) is 15.9. The highest BCUT2D eigenvalue weighted by Gasteiger charge is 2.37. The van der Waals surface area contributed by atoms with Gasteiger partial charge < -0.3 is 5.32 Å². The van der Waals surface area contributed by atoms with Gasteiger partial charge in [0, 0.05) is 6.04 Å². The monoisotopic (exact) mass is 277 g/mol. The number of aromatic nitrogens is 3. The fourth-order valence-corrected chi connectivity index (χ4v) is 2.33. The SMILES string of the molecule is CCCC1CC1NC(=O)Nc1nc2ccc(F)cn2n1. The van der Waals surface area contributed by atoms with E-state index in [1.54, 1.807) is 0 Å². The van der Waals surface area contributed by atoms with Crippen LogP contribution in [-0.2, 0) is 0 Å². The number of pyridine rings is 1. The topological polar surface area (TPSA) is 71.3 Å². The average molecular weight is 277 g/mol. The third kappa shape index (κ3) is 2.71. The van der Waals surface area contributed by atoms with E-state index in [0.29, 0.717) is 11.6 Å². The molecule has 1 saturated carbocycles. The first-order chi connectivity index (χ1) is 9.65. The summed E-state index contributed by atoms with van der Waals surface area (Å²) >= 11 is 0. The van der Waals surface area contributed by atoms with Crippen LogP contribution in [0.2, 0.25) is 0 Å². The Balaban J connectivity index is 1.60. The number of urea groups is 1. The summed E-state index contributed by atoms with van der Waals surface area (Å²) in [6, 6.07) is 2.74. The lowest BCUT2D eigenvalue weighted by molar-refractivity contribution is 0.251. The Bertz CT molecular complexity index is 641. The second kappa shape index (κ2) is 5.07. The first-order valence-electron chi connectivity index (χ1n) is 6.75. The molecule has 2 N–H and O–H groups in total. The van der Waals surface area contributed by atoms with Crippen molar-refractivity contribution in [3.8, 4) is 0 Å². The third-order valence-corrected chi connectivity index (χ3v) is 3.42. The number of rotatable bonds is 4. The Labute approximate surface area is 115 Å². The van der Waals surface area contributed by atoms with Crippen LogP contribution in [0.4, 0.5) is 15.1 Å². The van der Waals surface area contributed by atoms with Crippen molar-refractivity contribution in [2.24, 2.45) is 5.92 Å². The van der Waals surface area contributed by atoms with Crippen molar-refractivity contribution in [2.45, 2.75) is 32.2 Å². The van der Waals surface area contributed by atoms with Crippen LogP contribution in [-0.4, -0.2) is 26.7 Å². The molecule has 2 aromatic rings. The second-order valence-corrected chi connectivity index (χ2v) is 5.07. The number of nitrogens with zero attached hydrogens (tertiary/aromatic N) is 3. The van der Waals surface area contributed by atoms with E-state index in [-0.39, 0.29) is 18.0 Å². The molecular formula is C13H16FN5O. The highest BCUT2D eigenvalue weighted by Crippen LogP contribution is 2.34. The number of carbonyl (C=O) groups excluding carboxylic acids is 1. The van der Waals surface area contributed by atoms with E-state index >= 15 is 0 Å². The Kier molecular flexibility index (Phi) is 3.25. The molecule has 1 aliphatic rings. The molecule has 0 saturated heterocycles. The van der Waals surface area contributed by atoms with Crippen LogP contribution in [0, 0.1) is 11.7 Å². The van der Waals surface area contributed by atoms with Crippen molar-refractivity contribution >= 4 is 17.6 Å². The van der Waals surface area contributed by atoms with Gasteiger partial charge >= 0.3 is 6.03 Å². The largest absolute Gasteiger partial charge is 0.335 e. The molecular weight excluding hydrogens is 261 g/mol. The summed E-state index contributed by atoms with van der Waals surface area (Å²) in [7, 11) is 0. The van der Waals surface area contributed by atoms with Gasteiger partial charge in [-0.05, 0) is 30.9 Å². The predicted octanol–water partition coefficient (Wildman–Crippen LogP) is 2.18. The predicted molar refractivity (Wildman–Crippen MR) is 71.9 cm³/mol. The second-order valence-electron chi connectivity index (χ2n) is 5.07. The van der Waals surface area contributed by atoms with Crippen molar-refractivity contribution in [1.29, 1.82) is 0 Å². The number of nitrogens with one attached hydrogen (secondary N) is 2. The zero-order valence-corrected chi connectivity index (χ0v) is 11.1. The number of hydrogen-bond acceptors (Lipinski definition) is 3. The van der Waals surface area contributed by atoms with Gasteiger partial charge in [-0.25, -0.2) is 13.7 Å². The Hall–Kier alpha value is -2.18. The maximum absolute atomic E-state index is 13.0. The first-order valence-corrected chi connectivity index (χ1v) is 6.75. The van der Waals surface area contributed by atoms with Crippen LogP contribution in [0.5, 0.6) is 0 Å². The Morgan fingerprint density at radius 2 is 2.40 bits per heavy atom. The Morgan fingerprint density at radius 1 is 1.55 bits per heavy atom. The molecule has 7 heteroatoms. The van der Waals surface area contributed by atoms with Crippen molar-refractivity contribution in [2.75, 3.05) is 5.32 Å². The Morgan fingerprint density at radius 3 is 3.20 bits per heavy atom. The summed E-state index contributed by atoms with van der Waals surface area (Å²) in [6.45, 7) is 2.13. The van der Waals surface area contributed by atoms with Crippen molar-refractivity contribution in [3.05, 3.63) is 24.1 Å². The molecule has 0 aromatic carbocycles. The summed E-state index contributed by atoms with van der Waals surface area (Å²) in [5.41, 5.74) is 0.483. The molecule has 0 spiro atoms. The lowest BCUT2D eigenvalue weighted by Crippen LogP contribution is -2.31. The van der Waals surface area contributed by atoms with E-state index in [1.807, 2.05) is 0 Å². The molecule has 2 aromatic heterocycles. The number of carbonyl (C=O) groups is 1. The number of anilines is 1. The number of hydrogen-bond donors (Lipinski definition) is 2. The van der Waals surface area contributed by atoms with Gasteiger partial charge in [-0.2, -0.15) is 4.98 Å². The van der Waals surface area contributed by atoms with Crippen molar-refractivity contribution < 1.29 is 9.18 Å². The molecule has 106 valence electrons. The fourth-order valence-electron chi connectivity index (χ4n) is 2.33. The van der Waals surface area contributed by atoms with Crippen molar-refractivity contribution in [3.63, 3.8) is 0 Å². The molecule has 3 rings (SSSR count). The van der Waals surface area contributed by atoms with Gasteiger partial charge in [0.15, 0.2) is 5.65 Å².